The number of carboxylic acids is 1. The molecule has 0 saturated heterocycles. The summed E-state index contributed by atoms with van der Waals surface area (Å²) in [6, 6.07) is 9.56. The molecule has 0 spiro atoms. The van der Waals surface area contributed by atoms with E-state index in [1.807, 2.05) is 26.8 Å². The predicted octanol–water partition coefficient (Wildman–Crippen LogP) is 3.28. The summed E-state index contributed by atoms with van der Waals surface area (Å²) in [5.41, 5.74) is 1.36. The number of aromatic carboxylic acids is 1. The molecule has 2 N–H and O–H groups in total. The number of carbonyl (C=O) groups excluding carboxylic acids is 1. The Hall–Kier alpha value is -2.41. The molecule has 0 aliphatic rings. The number of nitrogens with one attached hydrogen (secondary N) is 1. The lowest BCUT2D eigenvalue weighted by atomic mass is 10.2. The summed E-state index contributed by atoms with van der Waals surface area (Å²) < 4.78 is 16.8. The highest BCUT2D eigenvalue weighted by atomic mass is 32.2. The summed E-state index contributed by atoms with van der Waals surface area (Å²) in [4.78, 5) is 22.9. The molecule has 2 rings (SSSR count). The van der Waals surface area contributed by atoms with E-state index in [0.29, 0.717) is 11.4 Å². The lowest BCUT2D eigenvalue weighted by Gasteiger charge is -2.17. The van der Waals surface area contributed by atoms with Gasteiger partial charge in [0.15, 0.2) is 5.76 Å². The van der Waals surface area contributed by atoms with Crippen LogP contribution in [0.5, 0.6) is 0 Å². The van der Waals surface area contributed by atoms with E-state index in [2.05, 4.69) is 5.32 Å². The number of hydrogen-bond acceptors (Lipinski definition) is 4. The van der Waals surface area contributed by atoms with Crippen molar-refractivity contribution < 1.29 is 23.3 Å². The lowest BCUT2D eigenvalue weighted by Crippen LogP contribution is -2.23. The van der Waals surface area contributed by atoms with Crippen molar-refractivity contribution in [2.24, 2.45) is 0 Å². The molecule has 0 fully saturated rings. The molecule has 24 heavy (non-hydrogen) atoms. The average Bonchev–Trinajstić information content (AvgIpc) is 2.96. The van der Waals surface area contributed by atoms with Gasteiger partial charge in [-0.3, -0.25) is 9.00 Å². The van der Waals surface area contributed by atoms with Crippen LogP contribution in [0.4, 0.5) is 5.69 Å². The predicted molar refractivity (Wildman–Crippen MR) is 91.7 cm³/mol. The van der Waals surface area contributed by atoms with E-state index in [1.165, 1.54) is 12.1 Å². The quantitative estimate of drug-likeness (QED) is 0.863. The van der Waals surface area contributed by atoms with Crippen molar-refractivity contribution in [2.45, 2.75) is 31.3 Å². The van der Waals surface area contributed by atoms with Gasteiger partial charge in [0.1, 0.15) is 0 Å². The van der Waals surface area contributed by atoms with Gasteiger partial charge < -0.3 is 14.8 Å². The van der Waals surface area contributed by atoms with E-state index in [1.54, 1.807) is 18.2 Å². The maximum Gasteiger partial charge on any atom is 0.371 e. The van der Waals surface area contributed by atoms with Crippen molar-refractivity contribution in [2.75, 3.05) is 5.32 Å². The number of rotatable bonds is 5. The summed E-state index contributed by atoms with van der Waals surface area (Å²) in [7, 11) is -1.04. The Kier molecular flexibility index (Phi) is 5.23. The van der Waals surface area contributed by atoms with Gasteiger partial charge in [0, 0.05) is 27.0 Å². The third-order valence-corrected chi connectivity index (χ3v) is 5.17. The maximum atomic E-state index is 12.2. The second-order valence-electron chi connectivity index (χ2n) is 6.23. The molecule has 0 unspecified atom stereocenters. The van der Waals surface area contributed by atoms with Crippen LogP contribution >= 0.6 is 0 Å². The Bertz CT molecular complexity index is 788. The monoisotopic (exact) mass is 349 g/mol. The summed E-state index contributed by atoms with van der Waals surface area (Å²) in [6.07, 6.45) is 0. The van der Waals surface area contributed by atoms with Gasteiger partial charge in [0.2, 0.25) is 5.76 Å². The molecule has 1 amide bonds. The van der Waals surface area contributed by atoms with E-state index in [0.717, 1.165) is 5.56 Å². The first kappa shape index (κ1) is 17.9. The van der Waals surface area contributed by atoms with Crippen LogP contribution in [-0.4, -0.2) is 25.9 Å². The molecule has 7 heteroatoms. The highest BCUT2D eigenvalue weighted by molar-refractivity contribution is 7.85. The van der Waals surface area contributed by atoms with E-state index in [9.17, 15) is 13.8 Å². The summed E-state index contributed by atoms with van der Waals surface area (Å²) in [5, 5.41) is 11.4. The molecule has 1 aromatic carbocycles. The molecule has 0 radical (unpaired) electrons. The molecule has 2 aromatic rings. The van der Waals surface area contributed by atoms with Crippen molar-refractivity contribution in [3.8, 4) is 0 Å². The van der Waals surface area contributed by atoms with Crippen molar-refractivity contribution in [3.05, 3.63) is 53.5 Å². The number of furan rings is 1. The molecule has 128 valence electrons. The molecule has 0 aliphatic carbocycles. The molecule has 1 atom stereocenters. The highest BCUT2D eigenvalue weighted by Gasteiger charge is 2.20. The number of carbonyl (C=O) groups is 2. The van der Waals surface area contributed by atoms with Crippen molar-refractivity contribution in [1.82, 2.24) is 0 Å². The van der Waals surface area contributed by atoms with Gasteiger partial charge in [-0.15, -0.1) is 0 Å². The first-order chi connectivity index (χ1) is 11.2. The summed E-state index contributed by atoms with van der Waals surface area (Å²) in [5.74, 6) is -1.78. The number of amides is 1. The number of anilines is 1. The van der Waals surface area contributed by atoms with E-state index in [-0.39, 0.29) is 16.3 Å². The Morgan fingerprint density at radius 3 is 2.42 bits per heavy atom. The second kappa shape index (κ2) is 7.00. The SMILES string of the molecule is CC(C)(C)[S@](=O)Cc1cccc(NC(=O)c2ccc(C(=O)O)o2)c1. The zero-order valence-corrected chi connectivity index (χ0v) is 14.5. The highest BCUT2D eigenvalue weighted by Crippen LogP contribution is 2.19. The zero-order valence-electron chi connectivity index (χ0n) is 13.7. The fraction of sp³-hybridized carbons (Fsp3) is 0.294. The van der Waals surface area contributed by atoms with Gasteiger partial charge in [-0.05, 0) is 50.6 Å². The summed E-state index contributed by atoms with van der Waals surface area (Å²) >= 11 is 0. The third-order valence-electron chi connectivity index (χ3n) is 3.21. The lowest BCUT2D eigenvalue weighted by molar-refractivity contribution is 0.0660. The van der Waals surface area contributed by atoms with Gasteiger partial charge >= 0.3 is 5.97 Å². The summed E-state index contributed by atoms with van der Waals surface area (Å²) in [6.45, 7) is 5.73. The molecule has 0 bridgehead atoms. The van der Waals surface area contributed by atoms with Crippen LogP contribution in [0.15, 0.2) is 40.8 Å². The molecule has 0 aliphatic heterocycles. The Morgan fingerprint density at radius 2 is 1.83 bits per heavy atom. The minimum atomic E-state index is -1.24. The molecule has 6 nitrogen and oxygen atoms in total. The smallest absolute Gasteiger partial charge is 0.371 e. The van der Waals surface area contributed by atoms with Gasteiger partial charge in [-0.1, -0.05) is 12.1 Å². The standard InChI is InChI=1S/C17H19NO5S/c1-17(2,3)24(22)10-11-5-4-6-12(9-11)18-15(19)13-7-8-14(23-13)16(20)21/h4-9H,10H2,1-3H3,(H,18,19)(H,20,21)/t24-/m1/s1. The van der Waals surface area contributed by atoms with Crippen molar-refractivity contribution >= 4 is 28.4 Å². The minimum Gasteiger partial charge on any atom is -0.475 e. The Balaban J connectivity index is 2.09. The van der Waals surface area contributed by atoms with Crippen LogP contribution in [0, 0.1) is 0 Å². The number of carboxylic acid groups (broad SMARTS) is 1. The van der Waals surface area contributed by atoms with Crippen LogP contribution in [0.2, 0.25) is 0 Å². The molecular weight excluding hydrogens is 330 g/mol. The van der Waals surface area contributed by atoms with Crippen LogP contribution in [0.3, 0.4) is 0 Å². The minimum absolute atomic E-state index is 0.0870. The molecular formula is C17H19NO5S. The van der Waals surface area contributed by atoms with Crippen molar-refractivity contribution in [1.29, 1.82) is 0 Å². The van der Waals surface area contributed by atoms with Gasteiger partial charge in [0.25, 0.3) is 5.91 Å². The normalized spacial score (nSPS) is 12.6. The zero-order chi connectivity index (χ0) is 17.9. The third kappa shape index (κ3) is 4.55. The van der Waals surface area contributed by atoms with E-state index in [4.69, 9.17) is 9.52 Å². The number of benzene rings is 1. The topological polar surface area (TPSA) is 96.6 Å². The van der Waals surface area contributed by atoms with Crippen molar-refractivity contribution in [3.63, 3.8) is 0 Å². The van der Waals surface area contributed by atoms with Gasteiger partial charge in [-0.25, -0.2) is 4.79 Å². The fourth-order valence-electron chi connectivity index (χ4n) is 1.87. The van der Waals surface area contributed by atoms with Gasteiger partial charge in [-0.2, -0.15) is 0 Å². The largest absolute Gasteiger partial charge is 0.475 e. The van der Waals surface area contributed by atoms with Gasteiger partial charge in [0.05, 0.1) is 0 Å². The van der Waals surface area contributed by atoms with Crippen LogP contribution in [0.25, 0.3) is 0 Å². The number of hydrogen-bond donors (Lipinski definition) is 2. The Morgan fingerprint density at radius 1 is 1.17 bits per heavy atom. The molecule has 1 heterocycles. The first-order valence-electron chi connectivity index (χ1n) is 7.29. The first-order valence-corrected chi connectivity index (χ1v) is 8.60. The van der Waals surface area contributed by atoms with Crippen LogP contribution in [0.1, 0.15) is 47.4 Å². The van der Waals surface area contributed by atoms with E-state index < -0.39 is 22.7 Å². The van der Waals surface area contributed by atoms with E-state index >= 15 is 0 Å². The Labute approximate surface area is 142 Å². The fourth-order valence-corrected chi connectivity index (χ4v) is 2.79. The average molecular weight is 349 g/mol. The maximum absolute atomic E-state index is 12.2. The molecule has 0 saturated carbocycles. The second-order valence-corrected chi connectivity index (χ2v) is 8.43. The van der Waals surface area contributed by atoms with Crippen LogP contribution < -0.4 is 5.32 Å². The van der Waals surface area contributed by atoms with Crippen LogP contribution in [-0.2, 0) is 16.6 Å². The molecule has 1 aromatic heterocycles.